The molecule has 0 bridgehead atoms. The SMILES string of the molecule is CCCn1ccc(CNCc2ncccc2C)c1. The van der Waals surface area contributed by atoms with Crippen molar-refractivity contribution in [1.29, 1.82) is 0 Å². The van der Waals surface area contributed by atoms with Crippen LogP contribution in [-0.4, -0.2) is 9.55 Å². The van der Waals surface area contributed by atoms with Crippen molar-refractivity contribution in [2.75, 3.05) is 0 Å². The fraction of sp³-hybridized carbons (Fsp3) is 0.400. The molecule has 0 fully saturated rings. The van der Waals surface area contributed by atoms with Crippen molar-refractivity contribution in [2.45, 2.75) is 39.9 Å². The van der Waals surface area contributed by atoms with E-state index in [2.05, 4.69) is 53.2 Å². The minimum atomic E-state index is 0.825. The highest BCUT2D eigenvalue weighted by atomic mass is 14.9. The third kappa shape index (κ3) is 3.44. The molecule has 2 aromatic rings. The molecule has 96 valence electrons. The summed E-state index contributed by atoms with van der Waals surface area (Å²) in [4.78, 5) is 4.38. The summed E-state index contributed by atoms with van der Waals surface area (Å²) in [5, 5.41) is 3.44. The highest BCUT2D eigenvalue weighted by Gasteiger charge is 1.99. The standard InChI is InChI=1S/C15H21N3/c1-3-8-18-9-6-14(12-18)10-16-11-15-13(2)5-4-7-17-15/h4-7,9,12,16H,3,8,10-11H2,1-2H3. The predicted octanol–water partition coefficient (Wildman–Crippen LogP) is 2.89. The van der Waals surface area contributed by atoms with Crippen molar-refractivity contribution in [2.24, 2.45) is 0 Å². The highest BCUT2D eigenvalue weighted by Crippen LogP contribution is 2.05. The molecule has 0 aliphatic heterocycles. The normalized spacial score (nSPS) is 10.8. The van der Waals surface area contributed by atoms with Crippen molar-refractivity contribution in [3.05, 3.63) is 53.6 Å². The number of hydrogen-bond acceptors (Lipinski definition) is 2. The molecule has 2 rings (SSSR count). The minimum absolute atomic E-state index is 0.825. The lowest BCUT2D eigenvalue weighted by Crippen LogP contribution is -2.14. The Labute approximate surface area is 109 Å². The van der Waals surface area contributed by atoms with Crippen LogP contribution in [0.3, 0.4) is 0 Å². The van der Waals surface area contributed by atoms with Crippen LogP contribution in [0.4, 0.5) is 0 Å². The molecule has 2 heterocycles. The zero-order valence-corrected chi connectivity index (χ0v) is 11.2. The molecule has 1 N–H and O–H groups in total. The molecule has 0 aliphatic rings. The molecule has 0 atom stereocenters. The summed E-state index contributed by atoms with van der Waals surface area (Å²) in [7, 11) is 0. The first-order valence-electron chi connectivity index (χ1n) is 6.55. The maximum Gasteiger partial charge on any atom is 0.0570 e. The van der Waals surface area contributed by atoms with Crippen LogP contribution in [-0.2, 0) is 19.6 Å². The van der Waals surface area contributed by atoms with Crippen LogP contribution in [0.2, 0.25) is 0 Å². The van der Waals surface area contributed by atoms with Crippen molar-refractivity contribution in [3.63, 3.8) is 0 Å². The molecule has 0 saturated heterocycles. The van der Waals surface area contributed by atoms with Crippen molar-refractivity contribution < 1.29 is 0 Å². The molecule has 2 aromatic heterocycles. The number of aromatic nitrogens is 2. The van der Waals surface area contributed by atoms with Gasteiger partial charge in [0.25, 0.3) is 0 Å². The van der Waals surface area contributed by atoms with E-state index in [1.54, 1.807) is 0 Å². The van der Waals surface area contributed by atoms with E-state index in [4.69, 9.17) is 0 Å². The summed E-state index contributed by atoms with van der Waals surface area (Å²) in [6.07, 6.45) is 7.38. The maximum atomic E-state index is 4.38. The van der Waals surface area contributed by atoms with Crippen molar-refractivity contribution in [1.82, 2.24) is 14.9 Å². The number of nitrogens with one attached hydrogen (secondary N) is 1. The van der Waals surface area contributed by atoms with Gasteiger partial charge in [-0.15, -0.1) is 0 Å². The highest BCUT2D eigenvalue weighted by molar-refractivity contribution is 5.17. The number of nitrogens with zero attached hydrogens (tertiary/aromatic N) is 2. The molecular weight excluding hydrogens is 222 g/mol. The van der Waals surface area contributed by atoms with E-state index >= 15 is 0 Å². The average molecular weight is 243 g/mol. The first-order chi connectivity index (χ1) is 8.79. The minimum Gasteiger partial charge on any atom is -0.354 e. The smallest absolute Gasteiger partial charge is 0.0570 e. The van der Waals surface area contributed by atoms with Crippen LogP contribution in [0.25, 0.3) is 0 Å². The lowest BCUT2D eigenvalue weighted by Gasteiger charge is -2.05. The number of rotatable bonds is 6. The Morgan fingerprint density at radius 3 is 2.94 bits per heavy atom. The number of aryl methyl sites for hydroxylation is 2. The Kier molecular flexibility index (Phi) is 4.53. The van der Waals surface area contributed by atoms with E-state index in [0.29, 0.717) is 0 Å². The first kappa shape index (κ1) is 12.8. The molecule has 0 spiro atoms. The van der Waals surface area contributed by atoms with E-state index in [1.165, 1.54) is 17.5 Å². The van der Waals surface area contributed by atoms with Gasteiger partial charge in [-0.05, 0) is 36.6 Å². The quantitative estimate of drug-likeness (QED) is 0.845. The summed E-state index contributed by atoms with van der Waals surface area (Å²) in [6, 6.07) is 6.25. The Hall–Kier alpha value is -1.61. The third-order valence-corrected chi connectivity index (χ3v) is 3.03. The van der Waals surface area contributed by atoms with Gasteiger partial charge in [0.05, 0.1) is 5.69 Å². The van der Waals surface area contributed by atoms with Crippen LogP contribution in [0.15, 0.2) is 36.8 Å². The Morgan fingerprint density at radius 2 is 2.17 bits per heavy atom. The van der Waals surface area contributed by atoms with Gasteiger partial charge in [-0.2, -0.15) is 0 Å². The van der Waals surface area contributed by atoms with Crippen LogP contribution in [0.5, 0.6) is 0 Å². The fourth-order valence-electron chi connectivity index (χ4n) is 2.02. The number of pyridine rings is 1. The van der Waals surface area contributed by atoms with Gasteiger partial charge < -0.3 is 9.88 Å². The molecule has 0 radical (unpaired) electrons. The van der Waals surface area contributed by atoms with Gasteiger partial charge in [-0.1, -0.05) is 13.0 Å². The molecule has 0 saturated carbocycles. The van der Waals surface area contributed by atoms with Gasteiger partial charge in [-0.25, -0.2) is 0 Å². The van der Waals surface area contributed by atoms with Crippen LogP contribution < -0.4 is 5.32 Å². The lowest BCUT2D eigenvalue weighted by atomic mass is 10.2. The fourth-order valence-corrected chi connectivity index (χ4v) is 2.02. The second-order valence-electron chi connectivity index (χ2n) is 4.63. The van der Waals surface area contributed by atoms with Gasteiger partial charge in [-0.3, -0.25) is 4.98 Å². The first-order valence-corrected chi connectivity index (χ1v) is 6.55. The second-order valence-corrected chi connectivity index (χ2v) is 4.63. The summed E-state index contributed by atoms with van der Waals surface area (Å²) in [5.41, 5.74) is 3.70. The largest absolute Gasteiger partial charge is 0.354 e. The number of hydrogen-bond donors (Lipinski definition) is 1. The molecule has 0 unspecified atom stereocenters. The van der Waals surface area contributed by atoms with Crippen molar-refractivity contribution >= 4 is 0 Å². The van der Waals surface area contributed by atoms with E-state index < -0.39 is 0 Å². The van der Waals surface area contributed by atoms with E-state index in [-0.39, 0.29) is 0 Å². The Morgan fingerprint density at radius 1 is 1.28 bits per heavy atom. The summed E-state index contributed by atoms with van der Waals surface area (Å²) < 4.78 is 2.24. The topological polar surface area (TPSA) is 29.9 Å². The molecule has 0 amide bonds. The Balaban J connectivity index is 1.83. The zero-order valence-electron chi connectivity index (χ0n) is 11.2. The van der Waals surface area contributed by atoms with Crippen molar-refractivity contribution in [3.8, 4) is 0 Å². The van der Waals surface area contributed by atoms with Gasteiger partial charge in [0.15, 0.2) is 0 Å². The summed E-state index contributed by atoms with van der Waals surface area (Å²) in [6.45, 7) is 7.11. The molecule has 18 heavy (non-hydrogen) atoms. The summed E-state index contributed by atoms with van der Waals surface area (Å²) in [5.74, 6) is 0. The van der Waals surface area contributed by atoms with Gasteiger partial charge >= 0.3 is 0 Å². The average Bonchev–Trinajstić information content (AvgIpc) is 2.80. The molecule has 0 aliphatic carbocycles. The summed E-state index contributed by atoms with van der Waals surface area (Å²) >= 11 is 0. The van der Waals surface area contributed by atoms with Crippen LogP contribution in [0.1, 0.15) is 30.2 Å². The molecule has 3 heteroatoms. The van der Waals surface area contributed by atoms with Crippen LogP contribution in [0, 0.1) is 6.92 Å². The lowest BCUT2D eigenvalue weighted by molar-refractivity contribution is 0.661. The monoisotopic (exact) mass is 243 g/mol. The third-order valence-electron chi connectivity index (χ3n) is 3.03. The van der Waals surface area contributed by atoms with Gasteiger partial charge in [0, 0.05) is 38.2 Å². The van der Waals surface area contributed by atoms with Gasteiger partial charge in [0.1, 0.15) is 0 Å². The van der Waals surface area contributed by atoms with E-state index in [0.717, 1.165) is 25.3 Å². The second kappa shape index (κ2) is 6.36. The van der Waals surface area contributed by atoms with E-state index in [9.17, 15) is 0 Å². The zero-order chi connectivity index (χ0) is 12.8. The van der Waals surface area contributed by atoms with Crippen LogP contribution >= 0.6 is 0 Å². The van der Waals surface area contributed by atoms with E-state index in [1.807, 2.05) is 12.3 Å². The maximum absolute atomic E-state index is 4.38. The van der Waals surface area contributed by atoms with Gasteiger partial charge in [0.2, 0.25) is 0 Å². The Bertz CT molecular complexity index is 488. The predicted molar refractivity (Wildman–Crippen MR) is 74.2 cm³/mol. The molecule has 3 nitrogen and oxygen atoms in total. The molecule has 0 aromatic carbocycles. The molecular formula is C15H21N3.